The van der Waals surface area contributed by atoms with Gasteiger partial charge in [0.15, 0.2) is 11.6 Å². The Morgan fingerprint density at radius 1 is 0.889 bits per heavy atom. The molecule has 0 amide bonds. The molecule has 0 bridgehead atoms. The second-order valence-corrected chi connectivity index (χ2v) is 3.79. The zero-order chi connectivity index (χ0) is 14.4. The number of hydrogen-bond donors (Lipinski definition) is 2. The van der Waals surface area contributed by atoms with Crippen LogP contribution in [0.25, 0.3) is 0 Å². The maximum absolute atomic E-state index is 11.4. The van der Waals surface area contributed by atoms with Crippen molar-refractivity contribution in [1.82, 2.24) is 0 Å². The molecule has 0 heterocycles. The minimum atomic E-state index is -2.11. The van der Waals surface area contributed by atoms with Gasteiger partial charge in [-0.1, -0.05) is 13.8 Å². The predicted octanol–water partition coefficient (Wildman–Crippen LogP) is 1.30. The summed E-state index contributed by atoms with van der Waals surface area (Å²) in [5, 5.41) is 17.3. The molecule has 0 fully saturated rings. The van der Waals surface area contributed by atoms with Gasteiger partial charge in [0.2, 0.25) is 0 Å². The molecular formula is C10H18O8. The van der Waals surface area contributed by atoms with E-state index < -0.39 is 23.1 Å². The van der Waals surface area contributed by atoms with E-state index in [0.29, 0.717) is 0 Å². The van der Waals surface area contributed by atoms with Crippen molar-refractivity contribution in [2.75, 3.05) is 0 Å². The van der Waals surface area contributed by atoms with E-state index in [9.17, 15) is 9.59 Å². The van der Waals surface area contributed by atoms with E-state index in [1.165, 1.54) is 13.8 Å². The normalized spacial score (nSPS) is 17.9. The Kier molecular flexibility index (Phi) is 6.54. The van der Waals surface area contributed by atoms with Crippen LogP contribution < -0.4 is 0 Å². The molecule has 106 valence electrons. The average molecular weight is 266 g/mol. The van der Waals surface area contributed by atoms with Crippen LogP contribution >= 0.6 is 0 Å². The molecule has 2 N–H and O–H groups in total. The molecule has 0 aliphatic rings. The molecule has 0 spiro atoms. The van der Waals surface area contributed by atoms with Crippen LogP contribution in [0, 0.1) is 0 Å². The Hall–Kier alpha value is -0.900. The Morgan fingerprint density at radius 3 is 1.33 bits per heavy atom. The zero-order valence-corrected chi connectivity index (χ0v) is 10.8. The SMILES string of the molecule is CCC(=O)C(C)(OO)OO[C@](C)(OO)C(=O)CC. The van der Waals surface area contributed by atoms with Crippen molar-refractivity contribution in [3.8, 4) is 0 Å². The van der Waals surface area contributed by atoms with Gasteiger partial charge in [0.1, 0.15) is 0 Å². The van der Waals surface area contributed by atoms with E-state index in [1.54, 1.807) is 0 Å². The largest absolute Gasteiger partial charge is 0.293 e. The van der Waals surface area contributed by atoms with Crippen molar-refractivity contribution >= 4 is 11.6 Å². The van der Waals surface area contributed by atoms with E-state index in [0.717, 1.165) is 13.8 Å². The lowest BCUT2D eigenvalue weighted by Crippen LogP contribution is -2.47. The fourth-order valence-corrected chi connectivity index (χ4v) is 1.03. The molecule has 0 rings (SSSR count). The summed E-state index contributed by atoms with van der Waals surface area (Å²) in [4.78, 5) is 39.8. The van der Waals surface area contributed by atoms with Crippen LogP contribution in [-0.2, 0) is 29.1 Å². The summed E-state index contributed by atoms with van der Waals surface area (Å²) in [6.07, 6.45) is -0.00230. The highest BCUT2D eigenvalue weighted by molar-refractivity contribution is 5.85. The zero-order valence-electron chi connectivity index (χ0n) is 10.8. The molecule has 0 aliphatic carbocycles. The molecule has 0 aliphatic heterocycles. The molecule has 0 saturated carbocycles. The lowest BCUT2D eigenvalue weighted by Gasteiger charge is -2.28. The van der Waals surface area contributed by atoms with E-state index in [4.69, 9.17) is 10.5 Å². The third-order valence-corrected chi connectivity index (χ3v) is 2.36. The highest BCUT2D eigenvalue weighted by atomic mass is 17.3. The van der Waals surface area contributed by atoms with Crippen LogP contribution in [0.15, 0.2) is 0 Å². The summed E-state index contributed by atoms with van der Waals surface area (Å²) in [5.41, 5.74) is 0. The first-order chi connectivity index (χ1) is 8.29. The van der Waals surface area contributed by atoms with Crippen molar-refractivity contribution in [2.45, 2.75) is 52.1 Å². The van der Waals surface area contributed by atoms with Gasteiger partial charge >= 0.3 is 0 Å². The van der Waals surface area contributed by atoms with Gasteiger partial charge in [0.05, 0.1) is 0 Å². The first-order valence-electron chi connectivity index (χ1n) is 5.38. The number of Topliss-reactive ketones (excluding diaryl/α,β-unsaturated/α-hetero) is 2. The minimum absolute atomic E-state index is 0.00115. The molecule has 2 atom stereocenters. The first-order valence-corrected chi connectivity index (χ1v) is 5.38. The molecule has 8 heteroatoms. The molecule has 0 aromatic heterocycles. The van der Waals surface area contributed by atoms with Crippen LogP contribution in [0.2, 0.25) is 0 Å². The van der Waals surface area contributed by atoms with E-state index in [2.05, 4.69) is 19.6 Å². The third kappa shape index (κ3) is 3.80. The van der Waals surface area contributed by atoms with Gasteiger partial charge in [-0.15, -0.1) is 0 Å². The smallest absolute Gasteiger partial charge is 0.288 e. The fraction of sp³-hybridized carbons (Fsp3) is 0.800. The van der Waals surface area contributed by atoms with Gasteiger partial charge in [-0.2, -0.15) is 19.6 Å². The van der Waals surface area contributed by atoms with Crippen molar-refractivity contribution < 1.29 is 39.7 Å². The Balaban J connectivity index is 4.80. The Bertz CT molecular complexity index is 274. The van der Waals surface area contributed by atoms with Crippen molar-refractivity contribution in [3.63, 3.8) is 0 Å². The maximum atomic E-state index is 11.4. The lowest BCUT2D eigenvalue weighted by atomic mass is 10.1. The second-order valence-electron chi connectivity index (χ2n) is 3.79. The molecule has 18 heavy (non-hydrogen) atoms. The number of carbonyl (C=O) groups is 2. The van der Waals surface area contributed by atoms with Gasteiger partial charge in [-0.3, -0.25) is 9.59 Å². The Labute approximate surface area is 104 Å². The van der Waals surface area contributed by atoms with Gasteiger partial charge in [-0.25, -0.2) is 10.5 Å². The summed E-state index contributed by atoms with van der Waals surface area (Å²) in [6.45, 7) is 5.21. The topological polar surface area (TPSA) is 112 Å². The van der Waals surface area contributed by atoms with Crippen LogP contribution in [0.4, 0.5) is 0 Å². The van der Waals surface area contributed by atoms with Crippen molar-refractivity contribution in [1.29, 1.82) is 0 Å². The molecule has 0 aromatic rings. The highest BCUT2D eigenvalue weighted by Crippen LogP contribution is 2.22. The standard InChI is InChI=1S/C10H18O8/c1-5-7(11)9(3,15-13)17-18-10(4,16-14)8(12)6-2/h13-14H,5-6H2,1-4H3/t9-,10?/m0/s1. The minimum Gasteiger partial charge on any atom is -0.293 e. The lowest BCUT2D eigenvalue weighted by molar-refractivity contribution is -0.542. The number of carbonyl (C=O) groups excluding carboxylic acids is 2. The van der Waals surface area contributed by atoms with Gasteiger partial charge in [-0.05, 0) is 0 Å². The average Bonchev–Trinajstić information content (AvgIpc) is 2.42. The van der Waals surface area contributed by atoms with E-state index >= 15 is 0 Å². The van der Waals surface area contributed by atoms with Crippen LogP contribution in [0.5, 0.6) is 0 Å². The molecule has 8 nitrogen and oxygen atoms in total. The van der Waals surface area contributed by atoms with Crippen molar-refractivity contribution in [3.05, 3.63) is 0 Å². The van der Waals surface area contributed by atoms with Gasteiger partial charge < -0.3 is 0 Å². The summed E-state index contributed by atoms with van der Waals surface area (Å²) in [5.74, 6) is -5.48. The summed E-state index contributed by atoms with van der Waals surface area (Å²) in [6, 6.07) is 0. The monoisotopic (exact) mass is 266 g/mol. The van der Waals surface area contributed by atoms with Crippen molar-refractivity contribution in [2.24, 2.45) is 0 Å². The second kappa shape index (κ2) is 6.88. The van der Waals surface area contributed by atoms with E-state index in [1.807, 2.05) is 0 Å². The van der Waals surface area contributed by atoms with Gasteiger partial charge in [0.25, 0.3) is 11.6 Å². The molecule has 0 aromatic carbocycles. The molecule has 0 saturated heterocycles. The van der Waals surface area contributed by atoms with Crippen LogP contribution in [0.3, 0.4) is 0 Å². The summed E-state index contributed by atoms with van der Waals surface area (Å²) in [7, 11) is 0. The summed E-state index contributed by atoms with van der Waals surface area (Å²) >= 11 is 0. The first kappa shape index (κ1) is 17.1. The number of ketones is 2. The highest BCUT2D eigenvalue weighted by Gasteiger charge is 2.43. The van der Waals surface area contributed by atoms with Crippen LogP contribution in [-0.4, -0.2) is 33.7 Å². The number of rotatable bonds is 9. The van der Waals surface area contributed by atoms with Crippen LogP contribution in [0.1, 0.15) is 40.5 Å². The molecule has 0 radical (unpaired) electrons. The third-order valence-electron chi connectivity index (χ3n) is 2.36. The Morgan fingerprint density at radius 2 is 1.17 bits per heavy atom. The quantitative estimate of drug-likeness (QED) is 0.365. The number of hydrogen-bond acceptors (Lipinski definition) is 8. The molecular weight excluding hydrogens is 248 g/mol. The fourth-order valence-electron chi connectivity index (χ4n) is 1.03. The summed E-state index contributed by atoms with van der Waals surface area (Å²) < 4.78 is 0. The maximum Gasteiger partial charge on any atom is 0.288 e. The molecule has 1 unspecified atom stereocenters. The van der Waals surface area contributed by atoms with E-state index in [-0.39, 0.29) is 12.8 Å². The van der Waals surface area contributed by atoms with Gasteiger partial charge in [0, 0.05) is 26.7 Å². The predicted molar refractivity (Wildman–Crippen MR) is 57.0 cm³/mol.